The molecule has 2 N–H and O–H groups in total. The number of rotatable bonds is 2. The summed E-state index contributed by atoms with van der Waals surface area (Å²) in [6.07, 6.45) is 2.93. The summed E-state index contributed by atoms with van der Waals surface area (Å²) in [7, 11) is 1.59. The maximum absolute atomic E-state index is 5.75. The van der Waals surface area contributed by atoms with Crippen molar-refractivity contribution in [3.8, 4) is 17.0 Å². The van der Waals surface area contributed by atoms with Crippen LogP contribution in [0.3, 0.4) is 0 Å². The number of nitrogen functional groups attached to an aromatic ring is 1. The van der Waals surface area contributed by atoms with Crippen LogP contribution in [0.15, 0.2) is 33.7 Å². The Morgan fingerprint density at radius 3 is 2.87 bits per heavy atom. The van der Waals surface area contributed by atoms with Gasteiger partial charge in [-0.05, 0) is 22.0 Å². The predicted octanol–water partition coefficient (Wildman–Crippen LogP) is 2.69. The summed E-state index contributed by atoms with van der Waals surface area (Å²) in [6.45, 7) is 0. The van der Waals surface area contributed by atoms with Crippen LogP contribution in [-0.2, 0) is 0 Å². The van der Waals surface area contributed by atoms with Crippen molar-refractivity contribution in [2.24, 2.45) is 0 Å². The molecule has 1 aromatic heterocycles. The summed E-state index contributed by atoms with van der Waals surface area (Å²) in [5.74, 6) is 0.671. The number of ether oxygens (including phenoxy) is 1. The van der Waals surface area contributed by atoms with Crippen LogP contribution in [0.25, 0.3) is 11.3 Å². The molecule has 0 saturated heterocycles. The van der Waals surface area contributed by atoms with Gasteiger partial charge < -0.3 is 14.9 Å². The smallest absolute Gasteiger partial charge is 0.181 e. The minimum absolute atomic E-state index is 0.624. The number of anilines is 1. The number of halogens is 1. The van der Waals surface area contributed by atoms with E-state index in [9.17, 15) is 0 Å². The molecule has 78 valence electrons. The molecule has 0 unspecified atom stereocenters. The van der Waals surface area contributed by atoms with E-state index in [4.69, 9.17) is 14.9 Å². The first-order valence-electron chi connectivity index (χ1n) is 4.24. The lowest BCUT2D eigenvalue weighted by Crippen LogP contribution is -1.93. The summed E-state index contributed by atoms with van der Waals surface area (Å²) in [4.78, 5) is 4.06. The molecule has 0 radical (unpaired) electrons. The van der Waals surface area contributed by atoms with Gasteiger partial charge in [0.25, 0.3) is 0 Å². The van der Waals surface area contributed by atoms with Crippen LogP contribution in [0.5, 0.6) is 5.75 Å². The van der Waals surface area contributed by atoms with Gasteiger partial charge in [-0.1, -0.05) is 0 Å². The van der Waals surface area contributed by atoms with Gasteiger partial charge in [-0.3, -0.25) is 0 Å². The number of oxazole rings is 1. The van der Waals surface area contributed by atoms with Crippen molar-refractivity contribution >= 4 is 21.6 Å². The summed E-state index contributed by atoms with van der Waals surface area (Å²) in [5.41, 5.74) is 7.93. The molecule has 0 amide bonds. The normalized spacial score (nSPS) is 10.3. The molecule has 5 heteroatoms. The largest absolute Gasteiger partial charge is 0.496 e. The van der Waals surface area contributed by atoms with Crippen LogP contribution < -0.4 is 10.5 Å². The molecule has 0 saturated carbocycles. The van der Waals surface area contributed by atoms with Crippen molar-refractivity contribution in [3.63, 3.8) is 0 Å². The van der Waals surface area contributed by atoms with E-state index < -0.39 is 0 Å². The van der Waals surface area contributed by atoms with Gasteiger partial charge in [0, 0.05) is 21.8 Å². The molecule has 4 nitrogen and oxygen atoms in total. The molecule has 1 aromatic carbocycles. The maximum atomic E-state index is 5.75. The average molecular weight is 269 g/mol. The summed E-state index contributed by atoms with van der Waals surface area (Å²) < 4.78 is 11.0. The number of methoxy groups -OCH3 is 1. The fraction of sp³-hybridized carbons (Fsp3) is 0.100. The Hall–Kier alpha value is -1.49. The Morgan fingerprint density at radius 2 is 2.27 bits per heavy atom. The molecule has 15 heavy (non-hydrogen) atoms. The molecule has 2 rings (SSSR count). The Kier molecular flexibility index (Phi) is 2.64. The van der Waals surface area contributed by atoms with Crippen LogP contribution in [0.4, 0.5) is 5.69 Å². The van der Waals surface area contributed by atoms with E-state index in [0.29, 0.717) is 17.1 Å². The molecular formula is C10H9BrN2O2. The second kappa shape index (κ2) is 3.94. The molecule has 0 atom stereocenters. The van der Waals surface area contributed by atoms with Crippen LogP contribution >= 0.6 is 15.9 Å². The van der Waals surface area contributed by atoms with Crippen LogP contribution in [0, 0.1) is 0 Å². The number of nitrogens with two attached hydrogens (primary N) is 1. The number of hydrogen-bond donors (Lipinski definition) is 1. The first-order valence-corrected chi connectivity index (χ1v) is 5.03. The van der Waals surface area contributed by atoms with Crippen LogP contribution in [-0.4, -0.2) is 12.1 Å². The third-order valence-corrected chi connectivity index (χ3v) is 2.71. The number of hydrogen-bond acceptors (Lipinski definition) is 4. The lowest BCUT2D eigenvalue weighted by atomic mass is 10.1. The van der Waals surface area contributed by atoms with Crippen LogP contribution in [0.1, 0.15) is 0 Å². The van der Waals surface area contributed by atoms with Gasteiger partial charge in [0.15, 0.2) is 6.39 Å². The SMILES string of the molecule is COc1cc(N)c(Br)cc1-c1cocn1. The van der Waals surface area contributed by atoms with Crippen molar-refractivity contribution in [2.75, 3.05) is 12.8 Å². The van der Waals surface area contributed by atoms with Gasteiger partial charge in [-0.15, -0.1) is 0 Å². The van der Waals surface area contributed by atoms with Gasteiger partial charge in [-0.25, -0.2) is 4.98 Å². The molecule has 0 aliphatic carbocycles. The zero-order valence-electron chi connectivity index (χ0n) is 8.03. The minimum Gasteiger partial charge on any atom is -0.496 e. The highest BCUT2D eigenvalue weighted by Crippen LogP contribution is 2.35. The summed E-state index contributed by atoms with van der Waals surface area (Å²) in [5, 5.41) is 0. The van der Waals surface area contributed by atoms with E-state index in [-0.39, 0.29) is 0 Å². The third-order valence-electron chi connectivity index (χ3n) is 2.03. The average Bonchev–Trinajstić information content (AvgIpc) is 2.74. The molecule has 0 bridgehead atoms. The Labute approximate surface area is 95.2 Å². The predicted molar refractivity (Wildman–Crippen MR) is 60.6 cm³/mol. The molecule has 1 heterocycles. The van der Waals surface area contributed by atoms with E-state index >= 15 is 0 Å². The van der Waals surface area contributed by atoms with E-state index in [2.05, 4.69) is 20.9 Å². The topological polar surface area (TPSA) is 61.3 Å². The highest BCUT2D eigenvalue weighted by Gasteiger charge is 2.11. The van der Waals surface area contributed by atoms with Crippen molar-refractivity contribution in [2.45, 2.75) is 0 Å². The second-order valence-corrected chi connectivity index (χ2v) is 3.80. The fourth-order valence-corrected chi connectivity index (χ4v) is 1.63. The lowest BCUT2D eigenvalue weighted by molar-refractivity contribution is 0.416. The Morgan fingerprint density at radius 1 is 1.47 bits per heavy atom. The van der Waals surface area contributed by atoms with E-state index in [1.54, 1.807) is 19.4 Å². The van der Waals surface area contributed by atoms with Gasteiger partial charge in [0.05, 0.1) is 7.11 Å². The van der Waals surface area contributed by atoms with Gasteiger partial charge in [-0.2, -0.15) is 0 Å². The van der Waals surface area contributed by atoms with Gasteiger partial charge in [0.1, 0.15) is 17.7 Å². The molecule has 0 fully saturated rings. The first-order chi connectivity index (χ1) is 7.22. The zero-order valence-corrected chi connectivity index (χ0v) is 9.61. The first kappa shape index (κ1) is 10.0. The molecule has 0 spiro atoms. The van der Waals surface area contributed by atoms with Gasteiger partial charge in [0.2, 0.25) is 0 Å². The Balaban J connectivity index is 2.60. The van der Waals surface area contributed by atoms with Gasteiger partial charge >= 0.3 is 0 Å². The van der Waals surface area contributed by atoms with E-state index in [1.807, 2.05) is 6.07 Å². The molecular weight excluding hydrogens is 260 g/mol. The monoisotopic (exact) mass is 268 g/mol. The zero-order chi connectivity index (χ0) is 10.8. The second-order valence-electron chi connectivity index (χ2n) is 2.95. The van der Waals surface area contributed by atoms with Crippen LogP contribution in [0.2, 0.25) is 0 Å². The summed E-state index contributed by atoms with van der Waals surface area (Å²) >= 11 is 3.36. The quantitative estimate of drug-likeness (QED) is 0.851. The highest BCUT2D eigenvalue weighted by molar-refractivity contribution is 9.10. The summed E-state index contributed by atoms with van der Waals surface area (Å²) in [6, 6.07) is 3.60. The third kappa shape index (κ3) is 1.83. The van der Waals surface area contributed by atoms with Crippen molar-refractivity contribution in [1.29, 1.82) is 0 Å². The maximum Gasteiger partial charge on any atom is 0.181 e. The van der Waals surface area contributed by atoms with E-state index in [0.717, 1.165) is 10.0 Å². The molecule has 2 aromatic rings. The van der Waals surface area contributed by atoms with Crippen molar-refractivity contribution in [3.05, 3.63) is 29.3 Å². The number of nitrogens with zero attached hydrogens (tertiary/aromatic N) is 1. The number of benzene rings is 1. The lowest BCUT2D eigenvalue weighted by Gasteiger charge is -2.08. The molecule has 0 aliphatic rings. The Bertz CT molecular complexity index is 469. The fourth-order valence-electron chi connectivity index (χ4n) is 1.28. The number of aromatic nitrogens is 1. The molecule has 0 aliphatic heterocycles. The van der Waals surface area contributed by atoms with E-state index in [1.165, 1.54) is 6.39 Å². The van der Waals surface area contributed by atoms with Crippen molar-refractivity contribution in [1.82, 2.24) is 4.98 Å². The van der Waals surface area contributed by atoms with Crippen molar-refractivity contribution < 1.29 is 9.15 Å². The minimum atomic E-state index is 0.624. The standard InChI is InChI=1S/C10H9BrN2O2/c1-14-10-3-8(12)7(11)2-6(10)9-4-15-5-13-9/h2-5H,12H2,1H3. The highest BCUT2D eigenvalue weighted by atomic mass is 79.9.